The average molecular weight is 293 g/mol. The minimum Gasteiger partial charge on any atom is -0.310 e. The van der Waals surface area contributed by atoms with E-state index in [0.29, 0.717) is 22.8 Å². The molecule has 5 heteroatoms. The fourth-order valence-electron chi connectivity index (χ4n) is 4.05. The van der Waals surface area contributed by atoms with Gasteiger partial charge in [-0.05, 0) is 53.0 Å². The Labute approximate surface area is 128 Å². The lowest BCUT2D eigenvalue weighted by Gasteiger charge is -2.44. The summed E-state index contributed by atoms with van der Waals surface area (Å²) in [6.07, 6.45) is 3.57. The second-order valence-electron chi connectivity index (χ2n) is 8.63. The Bertz CT molecular complexity index is 445. The smallest absolute Gasteiger partial charge is 0.165 e. The zero-order valence-electron chi connectivity index (χ0n) is 14.5. The Hall–Kier alpha value is -0.970. The van der Waals surface area contributed by atoms with Gasteiger partial charge in [0.15, 0.2) is 5.82 Å². The van der Waals surface area contributed by atoms with E-state index in [9.17, 15) is 0 Å². The molecule has 0 aliphatic heterocycles. The maximum atomic E-state index is 4.28. The summed E-state index contributed by atoms with van der Waals surface area (Å²) < 4.78 is 2.07. The fourth-order valence-corrected chi connectivity index (χ4v) is 4.05. The maximum Gasteiger partial charge on any atom is 0.165 e. The standard InChI is InChI=1S/C16H31N5/c1-12(2)9-17-10-14-18-19-20-21(14)13-7-15(3,4)11-16(5,6)8-13/h12-13,17H,7-11H2,1-6H3. The minimum absolute atomic E-state index is 0.348. The molecule has 0 radical (unpaired) electrons. The van der Waals surface area contributed by atoms with E-state index in [1.165, 1.54) is 6.42 Å². The number of nitrogens with zero attached hydrogens (tertiary/aromatic N) is 4. The van der Waals surface area contributed by atoms with Crippen molar-refractivity contribution in [2.24, 2.45) is 16.7 Å². The molecule has 1 aliphatic rings. The van der Waals surface area contributed by atoms with Crippen LogP contribution in [0.15, 0.2) is 0 Å². The van der Waals surface area contributed by atoms with Crippen molar-refractivity contribution in [3.8, 4) is 0 Å². The Kier molecular flexibility index (Phi) is 4.71. The summed E-state index contributed by atoms with van der Waals surface area (Å²) in [5.74, 6) is 1.61. The first-order valence-corrected chi connectivity index (χ1v) is 8.16. The zero-order chi connectivity index (χ0) is 15.7. The molecular formula is C16H31N5. The topological polar surface area (TPSA) is 55.6 Å². The van der Waals surface area contributed by atoms with Gasteiger partial charge in [0.2, 0.25) is 0 Å². The molecule has 0 bridgehead atoms. The van der Waals surface area contributed by atoms with Crippen LogP contribution in [0.3, 0.4) is 0 Å². The van der Waals surface area contributed by atoms with Gasteiger partial charge in [-0.2, -0.15) is 0 Å². The zero-order valence-corrected chi connectivity index (χ0v) is 14.5. The molecule has 5 nitrogen and oxygen atoms in total. The molecule has 21 heavy (non-hydrogen) atoms. The van der Waals surface area contributed by atoms with E-state index in [1.54, 1.807) is 0 Å². The summed E-state index contributed by atoms with van der Waals surface area (Å²) >= 11 is 0. The fraction of sp³-hybridized carbons (Fsp3) is 0.938. The molecule has 0 aromatic carbocycles. The predicted octanol–water partition coefficient (Wildman–Crippen LogP) is 3.20. The SMILES string of the molecule is CC(C)CNCc1nnnn1C1CC(C)(C)CC(C)(C)C1. The number of aromatic nitrogens is 4. The second kappa shape index (κ2) is 6.03. The Morgan fingerprint density at radius 1 is 1.19 bits per heavy atom. The third-order valence-corrected chi connectivity index (χ3v) is 4.28. The number of rotatable bonds is 5. The van der Waals surface area contributed by atoms with E-state index >= 15 is 0 Å². The van der Waals surface area contributed by atoms with Gasteiger partial charge in [0, 0.05) is 0 Å². The average Bonchev–Trinajstić information content (AvgIpc) is 2.72. The monoisotopic (exact) mass is 293 g/mol. The molecule has 1 aromatic heterocycles. The highest BCUT2D eigenvalue weighted by molar-refractivity contribution is 4.94. The van der Waals surface area contributed by atoms with Gasteiger partial charge in [-0.3, -0.25) is 0 Å². The minimum atomic E-state index is 0.348. The van der Waals surface area contributed by atoms with Crippen LogP contribution in [0.5, 0.6) is 0 Å². The predicted molar refractivity (Wildman–Crippen MR) is 84.8 cm³/mol. The van der Waals surface area contributed by atoms with Gasteiger partial charge in [-0.25, -0.2) is 4.68 Å². The van der Waals surface area contributed by atoms with Crippen LogP contribution >= 0.6 is 0 Å². The van der Waals surface area contributed by atoms with E-state index in [4.69, 9.17) is 0 Å². The Morgan fingerprint density at radius 2 is 1.81 bits per heavy atom. The van der Waals surface area contributed by atoms with Crippen molar-refractivity contribution in [3.63, 3.8) is 0 Å². The third kappa shape index (κ3) is 4.50. The molecule has 2 rings (SSSR count). The van der Waals surface area contributed by atoms with Crippen molar-refractivity contribution in [1.82, 2.24) is 25.5 Å². The van der Waals surface area contributed by atoms with Crippen molar-refractivity contribution in [2.75, 3.05) is 6.54 Å². The molecule has 0 saturated heterocycles. The quantitative estimate of drug-likeness (QED) is 0.906. The van der Waals surface area contributed by atoms with Crippen molar-refractivity contribution < 1.29 is 0 Å². The first-order chi connectivity index (χ1) is 9.69. The molecule has 1 aliphatic carbocycles. The van der Waals surface area contributed by atoms with Crippen LogP contribution in [0, 0.1) is 16.7 Å². The maximum absolute atomic E-state index is 4.28. The lowest BCUT2D eigenvalue weighted by molar-refractivity contribution is 0.0651. The number of hydrogen-bond acceptors (Lipinski definition) is 4. The molecule has 1 fully saturated rings. The largest absolute Gasteiger partial charge is 0.310 e. The van der Waals surface area contributed by atoms with Gasteiger partial charge < -0.3 is 5.32 Å². The molecule has 1 heterocycles. The second-order valence-corrected chi connectivity index (χ2v) is 8.63. The van der Waals surface area contributed by atoms with E-state index in [-0.39, 0.29) is 0 Å². The summed E-state index contributed by atoms with van der Waals surface area (Å²) in [5.41, 5.74) is 0.696. The summed E-state index contributed by atoms with van der Waals surface area (Å²) in [5, 5.41) is 15.9. The molecule has 1 N–H and O–H groups in total. The molecule has 1 aromatic rings. The highest BCUT2D eigenvalue weighted by Gasteiger charge is 2.40. The van der Waals surface area contributed by atoms with Gasteiger partial charge in [-0.15, -0.1) is 5.10 Å². The molecule has 0 spiro atoms. The normalized spacial score (nSPS) is 21.9. The molecule has 0 amide bonds. The summed E-state index contributed by atoms with van der Waals surface area (Å²) in [4.78, 5) is 0. The van der Waals surface area contributed by atoms with Crippen LogP contribution in [-0.2, 0) is 6.54 Å². The Balaban J connectivity index is 2.09. The van der Waals surface area contributed by atoms with E-state index in [1.807, 2.05) is 0 Å². The molecular weight excluding hydrogens is 262 g/mol. The number of tetrazole rings is 1. The van der Waals surface area contributed by atoms with Crippen LogP contribution in [0.2, 0.25) is 0 Å². The van der Waals surface area contributed by atoms with E-state index < -0.39 is 0 Å². The number of nitrogens with one attached hydrogen (secondary N) is 1. The van der Waals surface area contributed by atoms with Gasteiger partial charge in [0.25, 0.3) is 0 Å². The first-order valence-electron chi connectivity index (χ1n) is 8.16. The van der Waals surface area contributed by atoms with Crippen LogP contribution in [0.4, 0.5) is 0 Å². The van der Waals surface area contributed by atoms with Crippen molar-refractivity contribution in [3.05, 3.63) is 5.82 Å². The molecule has 120 valence electrons. The van der Waals surface area contributed by atoms with Gasteiger partial charge >= 0.3 is 0 Å². The lowest BCUT2D eigenvalue weighted by atomic mass is 9.63. The number of hydrogen-bond donors (Lipinski definition) is 1. The van der Waals surface area contributed by atoms with Crippen LogP contribution in [-0.4, -0.2) is 26.8 Å². The summed E-state index contributed by atoms with van der Waals surface area (Å²) in [7, 11) is 0. The third-order valence-electron chi connectivity index (χ3n) is 4.28. The van der Waals surface area contributed by atoms with Crippen LogP contribution in [0.1, 0.15) is 72.7 Å². The van der Waals surface area contributed by atoms with Crippen molar-refractivity contribution >= 4 is 0 Å². The van der Waals surface area contributed by atoms with Crippen molar-refractivity contribution in [2.45, 2.75) is 73.4 Å². The summed E-state index contributed by atoms with van der Waals surface area (Å²) in [6, 6.07) is 0.412. The van der Waals surface area contributed by atoms with Gasteiger partial charge in [-0.1, -0.05) is 41.5 Å². The molecule has 0 atom stereocenters. The van der Waals surface area contributed by atoms with Gasteiger partial charge in [0.05, 0.1) is 12.6 Å². The first kappa shape index (κ1) is 16.4. The highest BCUT2D eigenvalue weighted by atomic mass is 15.6. The highest BCUT2D eigenvalue weighted by Crippen LogP contribution is 2.49. The molecule has 1 saturated carbocycles. The van der Waals surface area contributed by atoms with E-state index in [0.717, 1.165) is 31.8 Å². The summed E-state index contributed by atoms with van der Waals surface area (Å²) in [6.45, 7) is 15.6. The van der Waals surface area contributed by atoms with Crippen LogP contribution in [0.25, 0.3) is 0 Å². The van der Waals surface area contributed by atoms with Crippen LogP contribution < -0.4 is 5.32 Å². The van der Waals surface area contributed by atoms with E-state index in [2.05, 4.69) is 67.1 Å². The van der Waals surface area contributed by atoms with Gasteiger partial charge in [0.1, 0.15) is 0 Å². The Morgan fingerprint density at radius 3 is 2.38 bits per heavy atom. The van der Waals surface area contributed by atoms with Crippen molar-refractivity contribution in [1.29, 1.82) is 0 Å². The lowest BCUT2D eigenvalue weighted by Crippen LogP contribution is -2.36. The molecule has 0 unspecified atom stereocenters.